The van der Waals surface area contributed by atoms with Crippen molar-refractivity contribution in [2.75, 3.05) is 0 Å². The topological polar surface area (TPSA) is 38.3 Å². The van der Waals surface area contributed by atoms with Gasteiger partial charge in [0, 0.05) is 6.04 Å². The van der Waals surface area contributed by atoms with Crippen LogP contribution in [0.4, 0.5) is 4.79 Å². The summed E-state index contributed by atoms with van der Waals surface area (Å²) < 4.78 is 5.81. The number of rotatable bonds is 2. The average molecular weight is 512 g/mol. The summed E-state index contributed by atoms with van der Waals surface area (Å²) in [6.07, 6.45) is 12.9. The molecular formula is C34H57NO2. The summed E-state index contributed by atoms with van der Waals surface area (Å²) >= 11 is 0. The van der Waals surface area contributed by atoms with Crippen LogP contribution in [0.2, 0.25) is 0 Å². The van der Waals surface area contributed by atoms with Gasteiger partial charge >= 0.3 is 6.09 Å². The molecule has 0 bridgehead atoms. The maximum atomic E-state index is 13.1. The van der Waals surface area contributed by atoms with Gasteiger partial charge in [-0.1, -0.05) is 46.8 Å². The van der Waals surface area contributed by atoms with E-state index in [1.54, 1.807) is 0 Å². The number of allylic oxidation sites excluding steroid dienone is 1. The van der Waals surface area contributed by atoms with Crippen LogP contribution in [0.15, 0.2) is 12.2 Å². The number of fused-ring (bicyclic) bond motifs is 7. The third-order valence-corrected chi connectivity index (χ3v) is 13.6. The molecule has 1 unspecified atom stereocenters. The van der Waals surface area contributed by atoms with Crippen LogP contribution < -0.4 is 5.32 Å². The summed E-state index contributed by atoms with van der Waals surface area (Å²) in [5.74, 6) is 4.60. The standard InChI is InChI=1S/C34H57NO2/c1-21(2)23-12-11-22-15-19-32(8)24(28(22)23)13-14-26-33(32,9)20-16-25-31(6,7)18-17-27(34(25,26)10)35-29(36)37-30(3,4)5/h22-28H,1,11-20H2,2-10H3,(H,35,36)/t22-,23+,24-,25+,26+,27?,28-,32-,33-,34+/m1/s1. The van der Waals surface area contributed by atoms with Crippen molar-refractivity contribution in [3.05, 3.63) is 12.2 Å². The van der Waals surface area contributed by atoms with Crippen molar-refractivity contribution in [3.63, 3.8) is 0 Å². The van der Waals surface area contributed by atoms with Gasteiger partial charge in [-0.2, -0.15) is 0 Å². The highest BCUT2D eigenvalue weighted by Crippen LogP contribution is 2.76. The maximum Gasteiger partial charge on any atom is 0.407 e. The molecule has 0 aliphatic heterocycles. The number of carbonyl (C=O) groups is 1. The van der Waals surface area contributed by atoms with Gasteiger partial charge in [0.2, 0.25) is 0 Å². The van der Waals surface area contributed by atoms with Gasteiger partial charge in [0.15, 0.2) is 0 Å². The quantitative estimate of drug-likeness (QED) is 0.375. The van der Waals surface area contributed by atoms with Crippen LogP contribution >= 0.6 is 0 Å². The summed E-state index contributed by atoms with van der Waals surface area (Å²) in [7, 11) is 0. The lowest BCUT2D eigenvalue weighted by molar-refractivity contribution is -0.234. The van der Waals surface area contributed by atoms with E-state index in [-0.39, 0.29) is 17.6 Å². The Kier molecular flexibility index (Phi) is 6.52. The molecule has 0 saturated heterocycles. The molecule has 5 saturated carbocycles. The van der Waals surface area contributed by atoms with E-state index in [4.69, 9.17) is 4.74 Å². The third kappa shape index (κ3) is 4.05. The first-order valence-electron chi connectivity index (χ1n) is 15.7. The van der Waals surface area contributed by atoms with Crippen molar-refractivity contribution in [1.82, 2.24) is 5.32 Å². The van der Waals surface area contributed by atoms with E-state index in [1.807, 2.05) is 20.8 Å². The number of alkyl carbamates (subject to hydrolysis) is 1. The molecule has 0 aromatic rings. The average Bonchev–Trinajstić information content (AvgIpc) is 3.19. The van der Waals surface area contributed by atoms with Crippen molar-refractivity contribution >= 4 is 6.09 Å². The van der Waals surface area contributed by atoms with Crippen molar-refractivity contribution in [3.8, 4) is 0 Å². The molecule has 5 rings (SSSR count). The third-order valence-electron chi connectivity index (χ3n) is 13.6. The second-order valence-corrected chi connectivity index (χ2v) is 16.7. The predicted octanol–water partition coefficient (Wildman–Crippen LogP) is 9.17. The molecule has 5 aliphatic carbocycles. The Balaban J connectivity index is 1.51. The number of hydrogen-bond donors (Lipinski definition) is 1. The summed E-state index contributed by atoms with van der Waals surface area (Å²) in [5.41, 5.74) is 2.07. The van der Waals surface area contributed by atoms with Gasteiger partial charge < -0.3 is 10.1 Å². The normalized spacial score (nSPS) is 48.6. The zero-order valence-electron chi connectivity index (χ0n) is 25.6. The number of nitrogens with one attached hydrogen (secondary N) is 1. The first kappa shape index (κ1) is 27.6. The van der Waals surface area contributed by atoms with E-state index in [0.717, 1.165) is 30.1 Å². The van der Waals surface area contributed by atoms with Gasteiger partial charge in [0.25, 0.3) is 0 Å². The molecule has 3 heteroatoms. The molecule has 0 radical (unpaired) electrons. The molecule has 3 nitrogen and oxygen atoms in total. The lowest BCUT2D eigenvalue weighted by Crippen LogP contribution is -2.69. The second kappa shape index (κ2) is 8.76. The van der Waals surface area contributed by atoms with Gasteiger partial charge in [0.1, 0.15) is 5.60 Å². The molecule has 0 aromatic carbocycles. The largest absolute Gasteiger partial charge is 0.444 e. The first-order chi connectivity index (χ1) is 17.0. The highest BCUT2D eigenvalue weighted by atomic mass is 16.6. The Morgan fingerprint density at radius 3 is 2.16 bits per heavy atom. The Labute approximate surface area is 228 Å². The van der Waals surface area contributed by atoms with Crippen molar-refractivity contribution in [1.29, 1.82) is 0 Å². The fourth-order valence-electron chi connectivity index (χ4n) is 11.9. The molecule has 1 amide bonds. The highest BCUT2D eigenvalue weighted by molar-refractivity contribution is 5.68. The van der Waals surface area contributed by atoms with E-state index in [0.29, 0.717) is 28.1 Å². The number of hydrogen-bond acceptors (Lipinski definition) is 2. The Bertz CT molecular complexity index is 931. The Morgan fingerprint density at radius 2 is 1.51 bits per heavy atom. The van der Waals surface area contributed by atoms with E-state index < -0.39 is 5.60 Å². The van der Waals surface area contributed by atoms with Gasteiger partial charge in [-0.15, -0.1) is 0 Å². The van der Waals surface area contributed by atoms with E-state index in [9.17, 15) is 4.79 Å². The molecule has 0 heterocycles. The van der Waals surface area contributed by atoms with Crippen LogP contribution in [0.3, 0.4) is 0 Å². The molecule has 1 N–H and O–H groups in total. The second-order valence-electron chi connectivity index (χ2n) is 16.7. The number of ether oxygens (including phenoxy) is 1. The molecule has 5 aliphatic rings. The summed E-state index contributed by atoms with van der Waals surface area (Å²) in [6, 6.07) is 0.191. The van der Waals surface area contributed by atoms with Crippen molar-refractivity contribution in [2.24, 2.45) is 57.2 Å². The van der Waals surface area contributed by atoms with Gasteiger partial charge in [-0.3, -0.25) is 0 Å². The van der Waals surface area contributed by atoms with Crippen LogP contribution in [0.25, 0.3) is 0 Å². The van der Waals surface area contributed by atoms with E-state index >= 15 is 0 Å². The van der Waals surface area contributed by atoms with Crippen LogP contribution in [0, 0.1) is 57.2 Å². The fraction of sp³-hybridized carbons (Fsp3) is 0.912. The fourth-order valence-corrected chi connectivity index (χ4v) is 11.9. The Hall–Kier alpha value is -0.990. The number of carbonyl (C=O) groups excluding carboxylic acids is 1. The highest BCUT2D eigenvalue weighted by Gasteiger charge is 2.70. The summed E-state index contributed by atoms with van der Waals surface area (Å²) in [5, 5.41) is 3.47. The number of amides is 1. The summed E-state index contributed by atoms with van der Waals surface area (Å²) in [6.45, 7) is 25.7. The maximum absolute atomic E-state index is 13.1. The smallest absolute Gasteiger partial charge is 0.407 e. The van der Waals surface area contributed by atoms with Gasteiger partial charge in [0.05, 0.1) is 0 Å². The lowest BCUT2D eigenvalue weighted by Gasteiger charge is -2.73. The minimum absolute atomic E-state index is 0.0971. The lowest BCUT2D eigenvalue weighted by atomic mass is 9.32. The van der Waals surface area contributed by atoms with Gasteiger partial charge in [-0.05, 0) is 149 Å². The zero-order chi connectivity index (χ0) is 27.2. The van der Waals surface area contributed by atoms with Crippen LogP contribution in [-0.4, -0.2) is 17.7 Å². The van der Waals surface area contributed by atoms with E-state index in [1.165, 1.54) is 63.4 Å². The predicted molar refractivity (Wildman–Crippen MR) is 153 cm³/mol. The minimum Gasteiger partial charge on any atom is -0.444 e. The molecular weight excluding hydrogens is 454 g/mol. The minimum atomic E-state index is -0.468. The monoisotopic (exact) mass is 511 g/mol. The molecule has 210 valence electrons. The van der Waals surface area contributed by atoms with E-state index in [2.05, 4.69) is 53.4 Å². The molecule has 37 heavy (non-hydrogen) atoms. The summed E-state index contributed by atoms with van der Waals surface area (Å²) in [4.78, 5) is 13.1. The Morgan fingerprint density at radius 1 is 0.838 bits per heavy atom. The van der Waals surface area contributed by atoms with Gasteiger partial charge in [-0.25, -0.2) is 4.79 Å². The van der Waals surface area contributed by atoms with Crippen molar-refractivity contribution < 1.29 is 9.53 Å². The molecule has 0 aromatic heterocycles. The zero-order valence-corrected chi connectivity index (χ0v) is 25.6. The molecule has 10 atom stereocenters. The van der Waals surface area contributed by atoms with Crippen molar-refractivity contribution in [2.45, 2.75) is 138 Å². The SMILES string of the molecule is C=C(C)[C@@H]1CC[C@@H]2CC[C@]3(C)[C@H](CC[C@@H]4[C@@]5(C)C(NC(=O)OC(C)(C)C)CCC(C)(C)[C@@H]5CC[C@]43C)[C@H]21. The molecule has 0 spiro atoms. The van der Waals surface area contributed by atoms with Crippen LogP contribution in [0.1, 0.15) is 127 Å². The van der Waals surface area contributed by atoms with Crippen LogP contribution in [0.5, 0.6) is 0 Å². The van der Waals surface area contributed by atoms with Crippen LogP contribution in [-0.2, 0) is 4.74 Å². The first-order valence-corrected chi connectivity index (χ1v) is 15.7. The molecule has 5 fully saturated rings.